The van der Waals surface area contributed by atoms with Crippen LogP contribution in [-0.2, 0) is 11.2 Å². The fourth-order valence-corrected chi connectivity index (χ4v) is 2.12. The molecule has 1 unspecified atom stereocenters. The highest BCUT2D eigenvalue weighted by Gasteiger charge is 2.15. The molecular formula is C15H14INO. The first kappa shape index (κ1) is 13.2. The second kappa shape index (κ2) is 6.11. The molecular weight excluding hydrogens is 337 g/mol. The van der Waals surface area contributed by atoms with Gasteiger partial charge in [0.05, 0.1) is 6.04 Å². The molecule has 3 heteroatoms. The smallest absolute Gasteiger partial charge is 0.158 e. The third-order valence-electron chi connectivity index (χ3n) is 2.80. The van der Waals surface area contributed by atoms with E-state index in [0.29, 0.717) is 6.42 Å². The van der Waals surface area contributed by atoms with Gasteiger partial charge in [-0.1, -0.05) is 42.5 Å². The molecule has 0 aromatic heterocycles. The van der Waals surface area contributed by atoms with Crippen LogP contribution in [0.3, 0.4) is 0 Å². The summed E-state index contributed by atoms with van der Waals surface area (Å²) in [6, 6.07) is 16.9. The van der Waals surface area contributed by atoms with Crippen molar-refractivity contribution in [3.05, 3.63) is 69.3 Å². The van der Waals surface area contributed by atoms with E-state index in [1.54, 1.807) is 0 Å². The van der Waals surface area contributed by atoms with Crippen molar-refractivity contribution in [1.82, 2.24) is 0 Å². The summed E-state index contributed by atoms with van der Waals surface area (Å²) in [5.41, 5.74) is 7.84. The van der Waals surface area contributed by atoms with Crippen LogP contribution in [-0.4, -0.2) is 5.78 Å². The highest BCUT2D eigenvalue weighted by atomic mass is 127. The van der Waals surface area contributed by atoms with Crippen molar-refractivity contribution >= 4 is 28.4 Å². The molecule has 0 saturated heterocycles. The predicted molar refractivity (Wildman–Crippen MR) is 81.2 cm³/mol. The van der Waals surface area contributed by atoms with Gasteiger partial charge in [-0.25, -0.2) is 0 Å². The number of carbonyl (C=O) groups is 1. The molecule has 0 aliphatic carbocycles. The first-order valence-electron chi connectivity index (χ1n) is 5.74. The summed E-state index contributed by atoms with van der Waals surface area (Å²) in [6.07, 6.45) is 0.382. The molecule has 2 aromatic rings. The molecule has 0 heterocycles. The number of ketones is 1. The minimum absolute atomic E-state index is 0.0439. The highest BCUT2D eigenvalue weighted by Crippen LogP contribution is 2.14. The quantitative estimate of drug-likeness (QED) is 0.861. The molecule has 0 saturated carbocycles. The van der Waals surface area contributed by atoms with Crippen LogP contribution in [0.5, 0.6) is 0 Å². The maximum atomic E-state index is 12.1. The van der Waals surface area contributed by atoms with Crippen LogP contribution in [0.1, 0.15) is 17.2 Å². The number of nitrogens with two attached hydrogens (primary N) is 1. The van der Waals surface area contributed by atoms with E-state index < -0.39 is 6.04 Å². The standard InChI is InChI=1S/C15H14INO/c16-13-8-6-11(7-9-13)10-14(18)15(17)12-4-2-1-3-5-12/h1-9,15H,10,17H2. The Labute approximate surface area is 120 Å². The van der Waals surface area contributed by atoms with Gasteiger partial charge in [-0.15, -0.1) is 0 Å². The first-order valence-corrected chi connectivity index (χ1v) is 6.82. The van der Waals surface area contributed by atoms with E-state index in [2.05, 4.69) is 22.6 Å². The first-order chi connectivity index (χ1) is 8.66. The van der Waals surface area contributed by atoms with E-state index in [-0.39, 0.29) is 5.78 Å². The van der Waals surface area contributed by atoms with E-state index in [1.807, 2.05) is 54.6 Å². The lowest BCUT2D eigenvalue weighted by Gasteiger charge is -2.10. The molecule has 0 radical (unpaired) electrons. The van der Waals surface area contributed by atoms with Crippen molar-refractivity contribution in [2.75, 3.05) is 0 Å². The van der Waals surface area contributed by atoms with Crippen molar-refractivity contribution < 1.29 is 4.79 Å². The van der Waals surface area contributed by atoms with Crippen LogP contribution < -0.4 is 5.73 Å². The predicted octanol–water partition coefficient (Wildman–Crippen LogP) is 3.10. The Morgan fingerprint density at radius 1 is 1.06 bits per heavy atom. The largest absolute Gasteiger partial charge is 0.318 e. The third kappa shape index (κ3) is 3.40. The molecule has 0 amide bonds. The fraction of sp³-hybridized carbons (Fsp3) is 0.133. The molecule has 92 valence electrons. The van der Waals surface area contributed by atoms with E-state index >= 15 is 0 Å². The summed E-state index contributed by atoms with van der Waals surface area (Å²) in [5.74, 6) is 0.0439. The molecule has 18 heavy (non-hydrogen) atoms. The van der Waals surface area contributed by atoms with Crippen molar-refractivity contribution in [1.29, 1.82) is 0 Å². The molecule has 1 atom stereocenters. The third-order valence-corrected chi connectivity index (χ3v) is 3.52. The zero-order chi connectivity index (χ0) is 13.0. The molecule has 0 fully saturated rings. The average molecular weight is 351 g/mol. The number of hydrogen-bond acceptors (Lipinski definition) is 2. The topological polar surface area (TPSA) is 43.1 Å². The lowest BCUT2D eigenvalue weighted by Crippen LogP contribution is -2.23. The Hall–Kier alpha value is -1.20. The van der Waals surface area contributed by atoms with E-state index in [1.165, 1.54) is 0 Å². The van der Waals surface area contributed by atoms with Gasteiger partial charge in [0.2, 0.25) is 0 Å². The Bertz CT molecular complexity index is 522. The van der Waals surface area contributed by atoms with E-state index in [4.69, 9.17) is 5.73 Å². The minimum atomic E-state index is -0.537. The van der Waals surface area contributed by atoms with Gasteiger partial charge in [0.15, 0.2) is 5.78 Å². The molecule has 0 bridgehead atoms. The SMILES string of the molecule is NC(C(=O)Cc1ccc(I)cc1)c1ccccc1. The number of halogens is 1. The highest BCUT2D eigenvalue weighted by molar-refractivity contribution is 14.1. The summed E-state index contributed by atoms with van der Waals surface area (Å²) in [4.78, 5) is 12.1. The van der Waals surface area contributed by atoms with Gasteiger partial charge in [0.25, 0.3) is 0 Å². The van der Waals surface area contributed by atoms with Crippen LogP contribution in [0.25, 0.3) is 0 Å². The number of hydrogen-bond donors (Lipinski definition) is 1. The van der Waals surface area contributed by atoms with Crippen LogP contribution in [0.4, 0.5) is 0 Å². The Morgan fingerprint density at radius 2 is 1.67 bits per heavy atom. The van der Waals surface area contributed by atoms with Gasteiger partial charge < -0.3 is 5.73 Å². The molecule has 2 nitrogen and oxygen atoms in total. The second-order valence-electron chi connectivity index (χ2n) is 4.16. The molecule has 0 aliphatic heterocycles. The zero-order valence-corrected chi connectivity index (χ0v) is 12.0. The van der Waals surface area contributed by atoms with Gasteiger partial charge >= 0.3 is 0 Å². The fourth-order valence-electron chi connectivity index (χ4n) is 1.76. The molecule has 2 N–H and O–H groups in total. The Morgan fingerprint density at radius 3 is 2.28 bits per heavy atom. The number of Topliss-reactive ketones (excluding diaryl/α,β-unsaturated/α-hetero) is 1. The zero-order valence-electron chi connectivity index (χ0n) is 9.84. The minimum Gasteiger partial charge on any atom is -0.318 e. The van der Waals surface area contributed by atoms with Crippen molar-refractivity contribution in [3.8, 4) is 0 Å². The summed E-state index contributed by atoms with van der Waals surface area (Å²) in [5, 5.41) is 0. The summed E-state index contributed by atoms with van der Waals surface area (Å²) < 4.78 is 1.16. The summed E-state index contributed by atoms with van der Waals surface area (Å²) in [7, 11) is 0. The second-order valence-corrected chi connectivity index (χ2v) is 5.40. The molecule has 2 aromatic carbocycles. The number of benzene rings is 2. The van der Waals surface area contributed by atoms with Crippen molar-refractivity contribution in [2.45, 2.75) is 12.5 Å². The normalized spacial score (nSPS) is 12.1. The Balaban J connectivity index is 2.06. The van der Waals surface area contributed by atoms with Gasteiger partial charge in [-0.2, -0.15) is 0 Å². The maximum absolute atomic E-state index is 12.1. The number of carbonyl (C=O) groups excluding carboxylic acids is 1. The van der Waals surface area contributed by atoms with E-state index in [9.17, 15) is 4.79 Å². The van der Waals surface area contributed by atoms with Crippen molar-refractivity contribution in [3.63, 3.8) is 0 Å². The Kier molecular flexibility index (Phi) is 4.49. The molecule has 0 spiro atoms. The molecule has 2 rings (SSSR count). The summed E-state index contributed by atoms with van der Waals surface area (Å²) >= 11 is 2.24. The maximum Gasteiger partial charge on any atom is 0.158 e. The van der Waals surface area contributed by atoms with Gasteiger partial charge in [0.1, 0.15) is 0 Å². The van der Waals surface area contributed by atoms with Gasteiger partial charge in [-0.3, -0.25) is 4.79 Å². The van der Waals surface area contributed by atoms with Crippen LogP contribution in [0, 0.1) is 3.57 Å². The lowest BCUT2D eigenvalue weighted by molar-refractivity contribution is -0.119. The average Bonchev–Trinajstić information content (AvgIpc) is 2.41. The van der Waals surface area contributed by atoms with Crippen LogP contribution >= 0.6 is 22.6 Å². The molecule has 0 aliphatic rings. The monoisotopic (exact) mass is 351 g/mol. The lowest BCUT2D eigenvalue weighted by atomic mass is 9.98. The van der Waals surface area contributed by atoms with Crippen LogP contribution in [0.15, 0.2) is 54.6 Å². The summed E-state index contributed by atoms with van der Waals surface area (Å²) in [6.45, 7) is 0. The van der Waals surface area contributed by atoms with E-state index in [0.717, 1.165) is 14.7 Å². The van der Waals surface area contributed by atoms with Gasteiger partial charge in [0, 0.05) is 9.99 Å². The van der Waals surface area contributed by atoms with Gasteiger partial charge in [-0.05, 0) is 45.9 Å². The van der Waals surface area contributed by atoms with Crippen LogP contribution in [0.2, 0.25) is 0 Å². The van der Waals surface area contributed by atoms with Crippen molar-refractivity contribution in [2.24, 2.45) is 5.73 Å². The number of rotatable bonds is 4.